The highest BCUT2D eigenvalue weighted by atomic mass is 19.4. The highest BCUT2D eigenvalue weighted by molar-refractivity contribution is 5.92. The predicted octanol–water partition coefficient (Wildman–Crippen LogP) is 1.03. The van der Waals surface area contributed by atoms with Crippen molar-refractivity contribution < 1.29 is 22.8 Å². The monoisotopic (exact) mass is 493 g/mol. The van der Waals surface area contributed by atoms with Gasteiger partial charge in [0.2, 0.25) is 5.91 Å². The maximum absolute atomic E-state index is 13.1. The average Bonchev–Trinajstić information content (AvgIpc) is 3.31. The number of carbonyl (C=O) groups excluding carboxylic acids is 2. The predicted molar refractivity (Wildman–Crippen MR) is 120 cm³/mol. The van der Waals surface area contributed by atoms with E-state index in [1.807, 2.05) is 16.1 Å². The number of piperazine rings is 1. The lowest BCUT2D eigenvalue weighted by Crippen LogP contribution is -2.51. The number of carbonyl (C=O) groups is 2. The number of pyridine rings is 1. The maximum Gasteiger partial charge on any atom is 0.421 e. The second-order valence-corrected chi connectivity index (χ2v) is 8.51. The zero-order valence-corrected chi connectivity index (χ0v) is 19.1. The quantitative estimate of drug-likeness (QED) is 0.640. The van der Waals surface area contributed by atoms with Crippen LogP contribution < -0.4 is 15.8 Å². The van der Waals surface area contributed by atoms with Crippen LogP contribution in [0.4, 0.5) is 18.9 Å². The van der Waals surface area contributed by atoms with Crippen molar-refractivity contribution in [2.24, 2.45) is 0 Å². The second-order valence-electron chi connectivity index (χ2n) is 8.51. The summed E-state index contributed by atoms with van der Waals surface area (Å²) in [6, 6.07) is 3.78. The van der Waals surface area contributed by atoms with Gasteiger partial charge in [0.25, 0.3) is 11.5 Å². The van der Waals surface area contributed by atoms with Gasteiger partial charge in [0, 0.05) is 33.2 Å². The summed E-state index contributed by atoms with van der Waals surface area (Å²) in [5.41, 5.74) is -1.27. The number of anilines is 1. The molecule has 2 fully saturated rings. The standard InChI is InChI=1S/C22H26F3N7O3/c1-26-21(35)16-5-4-14(12-27-16)30-7-9-31(10-8-30)19(33)13-32-6-2-3-18(32)17-11-15(22(23,24)25)20(34)29-28-17/h4-5,11-12,18H,2-3,6-10,13H2,1H3,(H,26,35)(H,29,34). The van der Waals surface area contributed by atoms with E-state index in [9.17, 15) is 27.6 Å². The fraction of sp³-hybridized carbons (Fsp3) is 0.500. The number of rotatable bonds is 5. The van der Waals surface area contributed by atoms with E-state index < -0.39 is 23.3 Å². The van der Waals surface area contributed by atoms with Crippen molar-refractivity contribution in [2.75, 3.05) is 51.2 Å². The number of hydrogen-bond acceptors (Lipinski definition) is 7. The first-order valence-corrected chi connectivity index (χ1v) is 11.3. The number of aromatic amines is 1. The number of amides is 2. The first kappa shape index (κ1) is 24.6. The molecule has 2 aliphatic rings. The molecule has 35 heavy (non-hydrogen) atoms. The molecule has 2 aromatic heterocycles. The molecule has 0 spiro atoms. The third kappa shape index (κ3) is 5.45. The average molecular weight is 493 g/mol. The first-order chi connectivity index (χ1) is 16.7. The Morgan fingerprint density at radius 2 is 1.91 bits per heavy atom. The van der Waals surface area contributed by atoms with Crippen LogP contribution >= 0.6 is 0 Å². The molecule has 10 nitrogen and oxygen atoms in total. The van der Waals surface area contributed by atoms with Gasteiger partial charge in [-0.1, -0.05) is 0 Å². The molecule has 2 aromatic rings. The molecule has 0 aliphatic carbocycles. The van der Waals surface area contributed by atoms with Crippen LogP contribution in [0.2, 0.25) is 0 Å². The Hall–Kier alpha value is -3.48. The van der Waals surface area contributed by atoms with Crippen LogP contribution in [0.15, 0.2) is 29.2 Å². The summed E-state index contributed by atoms with van der Waals surface area (Å²) in [5, 5.41) is 8.29. The minimum absolute atomic E-state index is 0.0647. The van der Waals surface area contributed by atoms with Crippen LogP contribution in [0.1, 0.15) is 40.6 Å². The van der Waals surface area contributed by atoms with Gasteiger partial charge in [0.05, 0.1) is 30.2 Å². The van der Waals surface area contributed by atoms with E-state index in [2.05, 4.69) is 20.3 Å². The molecule has 4 rings (SSSR count). The zero-order chi connectivity index (χ0) is 25.2. The summed E-state index contributed by atoms with van der Waals surface area (Å²) in [7, 11) is 1.54. The van der Waals surface area contributed by atoms with Crippen molar-refractivity contribution in [2.45, 2.75) is 25.1 Å². The van der Waals surface area contributed by atoms with Crippen molar-refractivity contribution in [3.05, 3.63) is 51.7 Å². The highest BCUT2D eigenvalue weighted by Crippen LogP contribution is 2.33. The smallest absolute Gasteiger partial charge is 0.367 e. The molecule has 2 amide bonds. The van der Waals surface area contributed by atoms with Crippen LogP contribution in [0.5, 0.6) is 0 Å². The van der Waals surface area contributed by atoms with Crippen molar-refractivity contribution in [1.29, 1.82) is 0 Å². The van der Waals surface area contributed by atoms with Crippen LogP contribution in [-0.2, 0) is 11.0 Å². The van der Waals surface area contributed by atoms with E-state index in [1.54, 1.807) is 17.2 Å². The van der Waals surface area contributed by atoms with Gasteiger partial charge in [-0.25, -0.2) is 10.1 Å². The molecule has 0 saturated carbocycles. The summed E-state index contributed by atoms with van der Waals surface area (Å²) >= 11 is 0. The highest BCUT2D eigenvalue weighted by Gasteiger charge is 2.37. The van der Waals surface area contributed by atoms with Gasteiger partial charge in [-0.3, -0.25) is 19.3 Å². The van der Waals surface area contributed by atoms with Gasteiger partial charge in [0.1, 0.15) is 11.3 Å². The molecule has 2 saturated heterocycles. The van der Waals surface area contributed by atoms with Crippen molar-refractivity contribution in [3.8, 4) is 0 Å². The minimum atomic E-state index is -4.78. The number of nitrogens with zero attached hydrogens (tertiary/aromatic N) is 5. The van der Waals surface area contributed by atoms with Gasteiger partial charge >= 0.3 is 6.18 Å². The molecule has 2 aliphatic heterocycles. The van der Waals surface area contributed by atoms with Crippen molar-refractivity contribution in [1.82, 2.24) is 30.3 Å². The topological polar surface area (TPSA) is 115 Å². The van der Waals surface area contributed by atoms with E-state index in [0.717, 1.165) is 11.8 Å². The van der Waals surface area contributed by atoms with E-state index >= 15 is 0 Å². The normalized spacial score (nSPS) is 19.1. The number of nitrogens with one attached hydrogen (secondary N) is 2. The first-order valence-electron chi connectivity index (χ1n) is 11.3. The van der Waals surface area contributed by atoms with E-state index in [4.69, 9.17) is 0 Å². The van der Waals surface area contributed by atoms with Crippen LogP contribution in [0, 0.1) is 0 Å². The Labute approximate surface area is 199 Å². The number of aromatic nitrogens is 3. The third-order valence-corrected chi connectivity index (χ3v) is 6.38. The van der Waals surface area contributed by atoms with E-state index in [1.165, 1.54) is 7.05 Å². The second kappa shape index (κ2) is 10.0. The Morgan fingerprint density at radius 1 is 1.17 bits per heavy atom. The Balaban J connectivity index is 1.35. The summed E-state index contributed by atoms with van der Waals surface area (Å²) in [6.07, 6.45) is -1.88. The van der Waals surface area contributed by atoms with Crippen LogP contribution in [0.3, 0.4) is 0 Å². The fourth-order valence-electron chi connectivity index (χ4n) is 4.48. The maximum atomic E-state index is 13.1. The number of halogens is 3. The number of likely N-dealkylation sites (tertiary alicyclic amines) is 1. The molecule has 13 heteroatoms. The molecule has 4 heterocycles. The lowest BCUT2D eigenvalue weighted by molar-refractivity contribution is -0.139. The van der Waals surface area contributed by atoms with Crippen molar-refractivity contribution >= 4 is 17.5 Å². The van der Waals surface area contributed by atoms with Gasteiger partial charge in [-0.05, 0) is 37.6 Å². The lowest BCUT2D eigenvalue weighted by atomic mass is 10.1. The Morgan fingerprint density at radius 3 is 2.54 bits per heavy atom. The molecule has 2 N–H and O–H groups in total. The van der Waals surface area contributed by atoms with Crippen LogP contribution in [0.25, 0.3) is 0 Å². The molecule has 188 valence electrons. The Kier molecular flexibility index (Phi) is 7.05. The number of hydrogen-bond donors (Lipinski definition) is 2. The molecule has 1 unspecified atom stereocenters. The molecular weight excluding hydrogens is 467 g/mol. The van der Waals surface area contributed by atoms with Crippen LogP contribution in [-0.4, -0.2) is 83.1 Å². The van der Waals surface area contributed by atoms with Gasteiger partial charge in [0.15, 0.2) is 0 Å². The summed E-state index contributed by atoms with van der Waals surface area (Å²) in [4.78, 5) is 46.0. The SMILES string of the molecule is CNC(=O)c1ccc(N2CCN(C(=O)CN3CCCC3c3cc(C(F)(F)F)c(=O)[nH]n3)CC2)cn1. The van der Waals surface area contributed by atoms with Gasteiger partial charge in [-0.2, -0.15) is 18.3 Å². The lowest BCUT2D eigenvalue weighted by Gasteiger charge is -2.37. The van der Waals surface area contributed by atoms with E-state index in [-0.39, 0.29) is 24.1 Å². The molecule has 0 aromatic carbocycles. The van der Waals surface area contributed by atoms with Crippen molar-refractivity contribution in [3.63, 3.8) is 0 Å². The Bertz CT molecular complexity index is 1130. The minimum Gasteiger partial charge on any atom is -0.367 e. The summed E-state index contributed by atoms with van der Waals surface area (Å²) in [6.45, 7) is 2.78. The number of H-pyrrole nitrogens is 1. The largest absolute Gasteiger partial charge is 0.421 e. The van der Waals surface area contributed by atoms with Gasteiger partial charge < -0.3 is 15.1 Å². The van der Waals surface area contributed by atoms with E-state index in [0.29, 0.717) is 51.3 Å². The molecule has 0 radical (unpaired) electrons. The fourth-order valence-corrected chi connectivity index (χ4v) is 4.48. The molecule has 0 bridgehead atoms. The number of alkyl halides is 3. The molecular formula is C22H26F3N7O3. The zero-order valence-electron chi connectivity index (χ0n) is 19.1. The third-order valence-electron chi connectivity index (χ3n) is 6.38. The summed E-state index contributed by atoms with van der Waals surface area (Å²) < 4.78 is 39.4. The molecule has 1 atom stereocenters. The summed E-state index contributed by atoms with van der Waals surface area (Å²) in [5.74, 6) is -0.371. The van der Waals surface area contributed by atoms with Gasteiger partial charge in [-0.15, -0.1) is 0 Å².